The van der Waals surface area contributed by atoms with Gasteiger partial charge in [-0.2, -0.15) is 0 Å². The highest BCUT2D eigenvalue weighted by Crippen LogP contribution is 2.31. The Kier molecular flexibility index (Phi) is 5.87. The Morgan fingerprint density at radius 1 is 1.00 bits per heavy atom. The van der Waals surface area contributed by atoms with Crippen molar-refractivity contribution in [3.8, 4) is 0 Å². The van der Waals surface area contributed by atoms with E-state index >= 15 is 0 Å². The van der Waals surface area contributed by atoms with Crippen LogP contribution in [0.15, 0.2) is 77.2 Å². The normalized spacial score (nSPS) is 10.7. The maximum Gasteiger partial charge on any atom is 0.293 e. The first-order valence-corrected chi connectivity index (χ1v) is 9.90. The second kappa shape index (κ2) is 8.91. The number of hydrogen-bond donors (Lipinski definition) is 2. The monoisotopic (exact) mass is 449 g/mol. The van der Waals surface area contributed by atoms with Crippen LogP contribution < -0.4 is 10.6 Å². The Morgan fingerprint density at radius 3 is 2.56 bits per heavy atom. The number of nitrogens with one attached hydrogen (secondary N) is 2. The average Bonchev–Trinajstić information content (AvgIpc) is 3.16. The molecule has 9 heteroatoms. The van der Waals surface area contributed by atoms with Gasteiger partial charge in [0.15, 0.2) is 5.78 Å². The third-order valence-electron chi connectivity index (χ3n) is 4.69. The van der Waals surface area contributed by atoms with E-state index in [-0.39, 0.29) is 29.3 Å². The number of amides is 1. The van der Waals surface area contributed by atoms with E-state index in [1.807, 2.05) is 0 Å². The fourth-order valence-corrected chi connectivity index (χ4v) is 3.39. The van der Waals surface area contributed by atoms with Gasteiger partial charge in [0.2, 0.25) is 5.76 Å². The SMILES string of the molecule is O=C(CNc1c(C(=O)Nc2cccc(Cl)c2)oc2ccccc12)c1cccc([N+](=O)[O-])c1. The van der Waals surface area contributed by atoms with E-state index in [4.69, 9.17) is 16.0 Å². The minimum absolute atomic E-state index is 0.00184. The number of carbonyl (C=O) groups is 2. The van der Waals surface area contributed by atoms with Gasteiger partial charge in [-0.1, -0.05) is 41.9 Å². The molecule has 160 valence electrons. The Hall–Kier alpha value is -4.17. The first-order valence-electron chi connectivity index (χ1n) is 9.52. The molecule has 0 radical (unpaired) electrons. The van der Waals surface area contributed by atoms with Gasteiger partial charge in [-0.25, -0.2) is 0 Å². The molecule has 0 saturated heterocycles. The van der Waals surface area contributed by atoms with Crippen molar-refractivity contribution < 1.29 is 18.9 Å². The largest absolute Gasteiger partial charge is 0.449 e. The lowest BCUT2D eigenvalue weighted by Crippen LogP contribution is -2.17. The van der Waals surface area contributed by atoms with E-state index < -0.39 is 10.8 Å². The van der Waals surface area contributed by atoms with Gasteiger partial charge in [0.25, 0.3) is 11.6 Å². The minimum Gasteiger partial charge on any atom is -0.449 e. The molecule has 0 spiro atoms. The number of Topliss-reactive ketones (excluding diaryl/α,β-unsaturated/α-hetero) is 1. The Bertz CT molecular complexity index is 1350. The van der Waals surface area contributed by atoms with Crippen molar-refractivity contribution in [2.75, 3.05) is 17.2 Å². The second-order valence-corrected chi connectivity index (χ2v) is 7.29. The maximum absolute atomic E-state index is 12.9. The van der Waals surface area contributed by atoms with E-state index in [1.165, 1.54) is 24.3 Å². The van der Waals surface area contributed by atoms with Gasteiger partial charge in [0, 0.05) is 33.8 Å². The Balaban J connectivity index is 1.60. The fourth-order valence-electron chi connectivity index (χ4n) is 3.20. The number of hydrogen-bond acceptors (Lipinski definition) is 6. The van der Waals surface area contributed by atoms with E-state index in [9.17, 15) is 19.7 Å². The van der Waals surface area contributed by atoms with Crippen LogP contribution >= 0.6 is 11.6 Å². The molecular weight excluding hydrogens is 434 g/mol. The zero-order chi connectivity index (χ0) is 22.7. The van der Waals surface area contributed by atoms with Crippen LogP contribution in [0, 0.1) is 10.1 Å². The number of nitrogens with zero attached hydrogens (tertiary/aromatic N) is 1. The van der Waals surface area contributed by atoms with Crippen molar-refractivity contribution in [1.29, 1.82) is 0 Å². The number of anilines is 2. The number of benzene rings is 3. The minimum atomic E-state index is -0.563. The highest BCUT2D eigenvalue weighted by Gasteiger charge is 2.22. The van der Waals surface area contributed by atoms with Crippen molar-refractivity contribution in [1.82, 2.24) is 0 Å². The third-order valence-corrected chi connectivity index (χ3v) is 4.92. The lowest BCUT2D eigenvalue weighted by Gasteiger charge is -2.08. The van der Waals surface area contributed by atoms with Crippen molar-refractivity contribution in [2.45, 2.75) is 0 Å². The molecule has 1 aromatic heterocycles. The number of non-ortho nitro benzene ring substituents is 1. The van der Waals surface area contributed by atoms with Crippen molar-refractivity contribution in [2.24, 2.45) is 0 Å². The number of nitro groups is 1. The summed E-state index contributed by atoms with van der Waals surface area (Å²) in [7, 11) is 0. The molecule has 4 rings (SSSR count). The summed E-state index contributed by atoms with van der Waals surface area (Å²) in [5.74, 6) is -0.896. The maximum atomic E-state index is 12.9. The van der Waals surface area contributed by atoms with Crippen LogP contribution in [0.2, 0.25) is 5.02 Å². The number of carbonyl (C=O) groups excluding carboxylic acids is 2. The van der Waals surface area contributed by atoms with E-state index in [1.54, 1.807) is 48.5 Å². The molecule has 8 nitrogen and oxygen atoms in total. The summed E-state index contributed by atoms with van der Waals surface area (Å²) in [6.45, 7) is -0.192. The zero-order valence-electron chi connectivity index (χ0n) is 16.5. The van der Waals surface area contributed by atoms with Gasteiger partial charge in [-0.05, 0) is 30.3 Å². The van der Waals surface area contributed by atoms with Crippen LogP contribution in [0.5, 0.6) is 0 Å². The van der Waals surface area contributed by atoms with Crippen molar-refractivity contribution >= 4 is 51.3 Å². The molecule has 2 N–H and O–H groups in total. The zero-order valence-corrected chi connectivity index (χ0v) is 17.3. The summed E-state index contributed by atoms with van der Waals surface area (Å²) in [4.78, 5) is 35.9. The number of para-hydroxylation sites is 1. The van der Waals surface area contributed by atoms with Gasteiger partial charge in [-0.15, -0.1) is 0 Å². The standard InChI is InChI=1S/C23H16ClN3O5/c24-15-6-4-7-16(12-15)26-23(29)22-21(18-9-1-2-10-20(18)32-22)25-13-19(28)14-5-3-8-17(11-14)27(30)31/h1-12,25H,13H2,(H,26,29). The van der Waals surface area contributed by atoms with E-state index in [0.717, 1.165) is 0 Å². The quantitative estimate of drug-likeness (QED) is 0.217. The molecule has 1 amide bonds. The molecule has 0 bridgehead atoms. The molecule has 0 aliphatic rings. The van der Waals surface area contributed by atoms with Crippen LogP contribution in [0.3, 0.4) is 0 Å². The summed E-state index contributed by atoms with van der Waals surface area (Å²) in [5.41, 5.74) is 1.31. The smallest absolute Gasteiger partial charge is 0.293 e. The summed E-state index contributed by atoms with van der Waals surface area (Å²) in [6, 6.07) is 19.2. The molecule has 32 heavy (non-hydrogen) atoms. The molecule has 0 unspecified atom stereocenters. The van der Waals surface area contributed by atoms with E-state index in [2.05, 4.69) is 10.6 Å². The van der Waals surface area contributed by atoms with Gasteiger partial charge in [0.1, 0.15) is 5.58 Å². The molecule has 0 fully saturated rings. The number of rotatable bonds is 7. The number of halogens is 1. The lowest BCUT2D eigenvalue weighted by atomic mass is 10.1. The van der Waals surface area contributed by atoms with Gasteiger partial charge in [-0.3, -0.25) is 19.7 Å². The van der Waals surface area contributed by atoms with Crippen molar-refractivity contribution in [3.63, 3.8) is 0 Å². The third kappa shape index (κ3) is 4.45. The predicted octanol–water partition coefficient (Wildman–Crippen LogP) is 5.54. The van der Waals surface area contributed by atoms with Crippen LogP contribution in [-0.2, 0) is 0 Å². The molecule has 3 aromatic carbocycles. The van der Waals surface area contributed by atoms with Crippen molar-refractivity contribution in [3.05, 3.63) is 99.3 Å². The molecule has 0 aliphatic heterocycles. The topological polar surface area (TPSA) is 114 Å². The molecule has 0 atom stereocenters. The van der Waals surface area contributed by atoms with Gasteiger partial charge < -0.3 is 15.1 Å². The summed E-state index contributed by atoms with van der Waals surface area (Å²) in [5, 5.41) is 17.7. The van der Waals surface area contributed by atoms with E-state index in [0.29, 0.717) is 27.4 Å². The number of ketones is 1. The number of furan rings is 1. The van der Waals surface area contributed by atoms with Crippen LogP contribution in [0.1, 0.15) is 20.9 Å². The van der Waals surface area contributed by atoms with Crippen LogP contribution in [0.25, 0.3) is 11.0 Å². The Morgan fingerprint density at radius 2 is 1.78 bits per heavy atom. The highest BCUT2D eigenvalue weighted by molar-refractivity contribution is 6.31. The first kappa shape index (κ1) is 21.1. The van der Waals surface area contributed by atoms with Gasteiger partial charge in [0.05, 0.1) is 17.2 Å². The second-order valence-electron chi connectivity index (χ2n) is 6.85. The molecule has 1 heterocycles. The Labute approximate surface area is 186 Å². The number of fused-ring (bicyclic) bond motifs is 1. The van der Waals surface area contributed by atoms with Crippen LogP contribution in [0.4, 0.5) is 17.1 Å². The molecule has 4 aromatic rings. The lowest BCUT2D eigenvalue weighted by molar-refractivity contribution is -0.384. The highest BCUT2D eigenvalue weighted by atomic mass is 35.5. The average molecular weight is 450 g/mol. The van der Waals surface area contributed by atoms with Crippen LogP contribution in [-0.4, -0.2) is 23.2 Å². The molecular formula is C23H16ClN3O5. The molecule has 0 saturated carbocycles. The predicted molar refractivity (Wildman–Crippen MR) is 122 cm³/mol. The molecule has 0 aliphatic carbocycles. The summed E-state index contributed by atoms with van der Waals surface area (Å²) < 4.78 is 5.74. The van der Waals surface area contributed by atoms with Gasteiger partial charge >= 0.3 is 0 Å². The number of nitro benzene ring substituents is 1. The summed E-state index contributed by atoms with van der Waals surface area (Å²) in [6.07, 6.45) is 0. The summed E-state index contributed by atoms with van der Waals surface area (Å²) >= 11 is 5.98. The fraction of sp³-hybridized carbons (Fsp3) is 0.0435. The first-order chi connectivity index (χ1) is 15.4.